The van der Waals surface area contributed by atoms with Crippen molar-refractivity contribution >= 4 is 72.1 Å². The first-order valence-corrected chi connectivity index (χ1v) is 41.0. The largest absolute Gasteiger partial charge is 0.480 e. The molecule has 0 aromatic carbocycles. The summed E-state index contributed by atoms with van der Waals surface area (Å²) in [6.45, 7) is 45.1. The van der Waals surface area contributed by atoms with Crippen molar-refractivity contribution in [1.29, 1.82) is 0 Å². The molecule has 0 bridgehead atoms. The van der Waals surface area contributed by atoms with Crippen LogP contribution in [0, 0.1) is 11.8 Å². The number of carboxylic acids is 4. The van der Waals surface area contributed by atoms with Crippen LogP contribution in [0.4, 0.5) is 19.2 Å². The van der Waals surface area contributed by atoms with Gasteiger partial charge in [0.25, 0.3) is 0 Å². The number of nitrogens with two attached hydrogens (primary N) is 4. The predicted molar refractivity (Wildman–Crippen MR) is 440 cm³/mol. The third-order valence-electron chi connectivity index (χ3n) is 17.4. The zero-order chi connectivity index (χ0) is 91.4. The highest BCUT2D eigenvalue weighted by Crippen LogP contribution is 2.30. The quantitative estimate of drug-likeness (QED) is 0.0133. The Hall–Kier alpha value is -8.62. The average molecular weight is 1680 g/mol. The molecule has 0 saturated heterocycles. The van der Waals surface area contributed by atoms with Gasteiger partial charge < -0.3 is 81.3 Å². The molecule has 2 rings (SSSR count). The average Bonchev–Trinajstić information content (AvgIpc) is 0.818. The first kappa shape index (κ1) is 107. The first-order chi connectivity index (χ1) is 53.6. The Balaban J connectivity index is 0.00000156. The number of aliphatic carboxylic acids is 4. The minimum Gasteiger partial charge on any atom is -0.480 e. The summed E-state index contributed by atoms with van der Waals surface area (Å²) in [5.74, 6) is -7.76. The van der Waals surface area contributed by atoms with E-state index in [1.165, 1.54) is 0 Å². The molecular weight excluding hydrogens is 1530 g/mol. The van der Waals surface area contributed by atoms with E-state index in [-0.39, 0.29) is 69.2 Å². The molecule has 0 aliphatic carbocycles. The van der Waals surface area contributed by atoms with Crippen LogP contribution < -0.4 is 32.1 Å². The van der Waals surface area contributed by atoms with E-state index in [1.54, 1.807) is 152 Å². The highest BCUT2D eigenvalue weighted by Gasteiger charge is 2.45. The van der Waals surface area contributed by atoms with E-state index in [2.05, 4.69) is 0 Å². The number of pyridine rings is 2. The molecule has 4 amide bonds. The van der Waals surface area contributed by atoms with Crippen LogP contribution in [-0.4, -0.2) is 183 Å². The smallest absolute Gasteiger partial charge is 0.420 e. The maximum atomic E-state index is 14.5. The third-order valence-corrected chi connectivity index (χ3v) is 17.4. The summed E-state index contributed by atoms with van der Waals surface area (Å²) < 4.78 is 50.1. The van der Waals surface area contributed by atoms with Gasteiger partial charge in [-0.25, -0.2) is 37.9 Å². The van der Waals surface area contributed by atoms with Gasteiger partial charge in [0, 0.05) is 35.1 Å². The number of esters is 4. The van der Waals surface area contributed by atoms with E-state index in [9.17, 15) is 67.7 Å². The van der Waals surface area contributed by atoms with Gasteiger partial charge in [-0.15, -0.1) is 0 Å². The van der Waals surface area contributed by atoms with Crippen molar-refractivity contribution in [2.45, 2.75) is 403 Å². The van der Waals surface area contributed by atoms with Crippen LogP contribution in [0.1, 0.15) is 303 Å². The van der Waals surface area contributed by atoms with Gasteiger partial charge in [0.2, 0.25) is 0 Å². The fraction of sp³-hybridized carbons (Fsp3) is 0.744. The summed E-state index contributed by atoms with van der Waals surface area (Å²) in [5, 5.41) is 36.4. The van der Waals surface area contributed by atoms with Gasteiger partial charge in [0.15, 0.2) is 24.8 Å². The summed E-state index contributed by atoms with van der Waals surface area (Å²) in [7, 11) is 0. The predicted octanol–water partition coefficient (Wildman–Crippen LogP) is 12.0. The Bertz CT molecular complexity index is 3570. The molecule has 2 unspecified atom stereocenters. The standard InChI is InChI=1S/C62H106N3O16.C24H39N5O8/c1-40(47(66)74-55(3,4)5)30-27-28-37-63-38-42(34-33-41(2)48(67)75-56(6,7)8)44(31-29-32-45(49(68)76-57(9,10)11)64(51(70)78-59(15,16)17)52(71)79-60(18,19)20)43(39-63)35-36-46(50(69)77-58(12,13)14)65(53(72)80-61(21,22)23)54(73)81-62(24,25)26;25-17(21(30)31)5-1-2-11-29-12-14(7-9-19(27)23(34)35)16(4-3-6-18(26)22(32)33)15(13-29)8-10-20(28)24(36)37/h38-41,45-46H,27-37H2,1-26H3;12-13,17-20H,1-11,25-28H2,(H3-,30,31,32,33,34,35,36,37)/q+1;/p+1/t40-,41?,45-,46-;17-,18-,19-,20?/m00/s1. The van der Waals surface area contributed by atoms with Crippen molar-refractivity contribution in [2.75, 3.05) is 0 Å². The molecule has 32 nitrogen and oxygen atoms in total. The topological polar surface area (TPSA) is 478 Å². The normalized spacial score (nSPS) is 14.4. The van der Waals surface area contributed by atoms with Gasteiger partial charge in [-0.1, -0.05) is 13.8 Å². The van der Waals surface area contributed by atoms with Crippen LogP contribution in [0.2, 0.25) is 0 Å². The van der Waals surface area contributed by atoms with Crippen LogP contribution in [0.25, 0.3) is 0 Å². The zero-order valence-corrected chi connectivity index (χ0v) is 75.5. The van der Waals surface area contributed by atoms with Crippen molar-refractivity contribution in [3.05, 3.63) is 58.2 Å². The molecule has 0 aliphatic heterocycles. The molecule has 2 aromatic rings. The fourth-order valence-corrected chi connectivity index (χ4v) is 11.9. The molecule has 12 N–H and O–H groups in total. The number of carboxylic acid groups (broad SMARTS) is 4. The Morgan fingerprint density at radius 3 is 0.814 bits per heavy atom. The molecule has 0 aliphatic rings. The highest BCUT2D eigenvalue weighted by molar-refractivity contribution is 5.95. The van der Waals surface area contributed by atoms with E-state index in [0.29, 0.717) is 106 Å². The number of carbonyl (C=O) groups is 12. The van der Waals surface area contributed by atoms with E-state index < -0.39 is 147 Å². The number of hydrogen-bond acceptors (Lipinski definition) is 24. The summed E-state index contributed by atoms with van der Waals surface area (Å²) in [4.78, 5) is 158. The van der Waals surface area contributed by atoms with Crippen LogP contribution >= 0.6 is 0 Å². The Kier molecular flexibility index (Phi) is 42.6. The van der Waals surface area contributed by atoms with Gasteiger partial charge in [-0.05, 0) is 293 Å². The van der Waals surface area contributed by atoms with Gasteiger partial charge in [0.05, 0.1) is 11.8 Å². The minimum absolute atomic E-state index is 0.0455. The lowest BCUT2D eigenvalue weighted by Gasteiger charge is -2.34. The zero-order valence-electron chi connectivity index (χ0n) is 75.5. The fourth-order valence-electron chi connectivity index (χ4n) is 11.9. The van der Waals surface area contributed by atoms with Crippen LogP contribution in [0.3, 0.4) is 0 Å². The molecule has 0 fully saturated rings. The molecule has 118 heavy (non-hydrogen) atoms. The second-order valence-electron chi connectivity index (χ2n) is 38.4. The first-order valence-electron chi connectivity index (χ1n) is 41.0. The number of amides is 4. The van der Waals surface area contributed by atoms with Crippen LogP contribution in [0.15, 0.2) is 24.8 Å². The lowest BCUT2D eigenvalue weighted by atomic mass is 9.90. The number of carbonyl (C=O) groups excluding carboxylic acids is 8. The Morgan fingerprint density at radius 2 is 0.525 bits per heavy atom. The summed E-state index contributed by atoms with van der Waals surface area (Å²) in [6, 6.07) is -7.19. The number of nitrogens with zero attached hydrogens (tertiary/aromatic N) is 4. The number of unbranched alkanes of at least 4 members (excludes halogenated alkanes) is 2. The molecular formula is C86H146N8O24+2. The number of imide groups is 2. The second kappa shape index (κ2) is 46.8. The van der Waals surface area contributed by atoms with Crippen molar-refractivity contribution in [2.24, 2.45) is 34.8 Å². The number of hydrogen-bond donors (Lipinski definition) is 8. The molecule has 672 valence electrons. The monoisotopic (exact) mass is 1680 g/mol. The Labute approximate surface area is 699 Å². The molecule has 8 atom stereocenters. The van der Waals surface area contributed by atoms with Crippen LogP contribution in [0.5, 0.6) is 0 Å². The van der Waals surface area contributed by atoms with E-state index >= 15 is 0 Å². The summed E-state index contributed by atoms with van der Waals surface area (Å²) >= 11 is 0. The van der Waals surface area contributed by atoms with Crippen molar-refractivity contribution in [3.8, 4) is 0 Å². The highest BCUT2D eigenvalue weighted by atomic mass is 16.6. The van der Waals surface area contributed by atoms with Gasteiger partial charge in [-0.3, -0.25) is 28.8 Å². The third kappa shape index (κ3) is 44.4. The molecule has 0 radical (unpaired) electrons. The minimum atomic E-state index is -1.58. The van der Waals surface area contributed by atoms with Gasteiger partial charge in [-0.2, -0.15) is 9.80 Å². The molecule has 2 aromatic heterocycles. The van der Waals surface area contributed by atoms with Gasteiger partial charge >= 0.3 is 72.1 Å². The van der Waals surface area contributed by atoms with E-state index in [0.717, 1.165) is 27.8 Å². The maximum absolute atomic E-state index is 14.5. The van der Waals surface area contributed by atoms with Crippen molar-refractivity contribution in [1.82, 2.24) is 9.80 Å². The van der Waals surface area contributed by atoms with Crippen molar-refractivity contribution in [3.63, 3.8) is 0 Å². The van der Waals surface area contributed by atoms with Crippen molar-refractivity contribution < 1.29 is 125 Å². The molecule has 32 heteroatoms. The molecule has 0 spiro atoms. The SMILES string of the molecule is CC(CCc1c[n+](CCCC[C@H](C)C(=O)OC(C)(C)C)cc(CC[C@@H](C(=O)OC(C)(C)C)N(C(=O)OC(C)(C)C)C(=O)OC(C)(C)C)c1CCC[C@@H](C(=O)OC(C)(C)C)N(C(=O)OC(C)(C)C)C(=O)OC(C)(C)C)C(=O)OC(C)(C)C.NC(CCc1c[n+](CCCC[C@H](N)C(=O)O)cc(CC[C@H](N)C(=O)O)c1CCC[C@H](N)C(=O)O)C(=O)O. The molecule has 2 heterocycles. The number of aromatic nitrogens is 2. The molecule has 0 saturated carbocycles. The lowest BCUT2D eigenvalue weighted by Crippen LogP contribution is -2.53. The Morgan fingerprint density at radius 1 is 0.297 bits per heavy atom. The van der Waals surface area contributed by atoms with Crippen LogP contribution in [-0.2, 0) is 128 Å². The number of ether oxygens (including phenoxy) is 8. The maximum Gasteiger partial charge on any atom is 0.420 e. The van der Waals surface area contributed by atoms with E-state index in [4.69, 9.17) is 71.0 Å². The lowest BCUT2D eigenvalue weighted by molar-refractivity contribution is -0.698. The summed E-state index contributed by atoms with van der Waals surface area (Å²) in [6.07, 6.45) is 9.53. The summed E-state index contributed by atoms with van der Waals surface area (Å²) in [5.41, 5.74) is 19.6. The second-order valence-corrected chi connectivity index (χ2v) is 38.4. The number of aryl methyl sites for hydroxylation is 6. The van der Waals surface area contributed by atoms with Gasteiger partial charge in [0.1, 0.15) is 94.1 Å². The number of rotatable bonds is 40. The van der Waals surface area contributed by atoms with E-state index in [1.807, 2.05) is 61.6 Å².